The van der Waals surface area contributed by atoms with Gasteiger partial charge < -0.3 is 19.3 Å². The topological polar surface area (TPSA) is 76.8 Å². The zero-order valence-electron chi connectivity index (χ0n) is 20.3. The number of piperidine rings is 2. The van der Waals surface area contributed by atoms with E-state index < -0.39 is 14.4 Å². The van der Waals surface area contributed by atoms with Crippen molar-refractivity contribution in [3.05, 3.63) is 35.4 Å². The summed E-state index contributed by atoms with van der Waals surface area (Å²) in [5.74, 6) is 0.910. The maximum Gasteiger partial charge on any atom is 0.407 e. The molecule has 1 aromatic carbocycles. The zero-order valence-corrected chi connectivity index (χ0v) is 21.3. The van der Waals surface area contributed by atoms with Gasteiger partial charge in [-0.15, -0.1) is 0 Å². The van der Waals surface area contributed by atoms with Crippen molar-refractivity contribution in [1.82, 2.24) is 9.80 Å². The summed E-state index contributed by atoms with van der Waals surface area (Å²) in [5, 5.41) is 18.6. The van der Waals surface area contributed by atoms with Gasteiger partial charge in [-0.1, -0.05) is 32.9 Å². The highest BCUT2D eigenvalue weighted by atomic mass is 28.4. The van der Waals surface area contributed by atoms with E-state index in [1.165, 1.54) is 0 Å². The van der Waals surface area contributed by atoms with E-state index in [0.29, 0.717) is 30.5 Å². The molecule has 3 rings (SSSR count). The third-order valence-electron chi connectivity index (χ3n) is 7.52. The number of hydrogen-bond donors (Lipinski definition) is 1. The second-order valence-electron chi connectivity index (χ2n) is 11.2. The minimum Gasteiger partial charge on any atom is -0.465 e. The van der Waals surface area contributed by atoms with E-state index in [9.17, 15) is 9.90 Å². The van der Waals surface area contributed by atoms with Crippen LogP contribution in [0, 0.1) is 23.2 Å². The molecule has 1 N–H and O–H groups in total. The summed E-state index contributed by atoms with van der Waals surface area (Å²) >= 11 is 0. The first kappa shape index (κ1) is 24.8. The standard InChI is InChI=1S/C25H39N3O3Si/c1-25(2,3)32(4,5)31-23(22-10-8-19(14-26)9-11-22)7-6-12-27-15-20-13-21(16-27)18-28(17-20)24(29)30/h8-11,20-21,23H,6-7,12-13,15-18H2,1-5H3,(H,29,30). The molecule has 3 unspecified atom stereocenters. The Kier molecular flexibility index (Phi) is 7.69. The first-order valence-electron chi connectivity index (χ1n) is 11.9. The number of nitrogens with zero attached hydrogens (tertiary/aromatic N) is 3. The Hall–Kier alpha value is -1.88. The van der Waals surface area contributed by atoms with E-state index in [1.54, 1.807) is 4.90 Å². The van der Waals surface area contributed by atoms with E-state index in [0.717, 1.165) is 44.5 Å². The van der Waals surface area contributed by atoms with E-state index in [-0.39, 0.29) is 11.1 Å². The molecular weight excluding hydrogens is 418 g/mol. The fraction of sp³-hybridized carbons (Fsp3) is 0.680. The predicted molar refractivity (Wildman–Crippen MR) is 129 cm³/mol. The molecule has 7 heteroatoms. The number of carboxylic acid groups (broad SMARTS) is 1. The SMILES string of the molecule is CC(C)(C)[Si](C)(C)OC(CCCN1CC2CC(C1)CN(C(=O)O)C2)c1ccc(C#N)cc1. The van der Waals surface area contributed by atoms with Gasteiger partial charge in [-0.05, 0) is 73.5 Å². The molecule has 3 atom stereocenters. The van der Waals surface area contributed by atoms with Crippen molar-refractivity contribution >= 4 is 14.4 Å². The lowest BCUT2D eigenvalue weighted by Crippen LogP contribution is -2.53. The molecule has 1 amide bonds. The van der Waals surface area contributed by atoms with Crippen molar-refractivity contribution in [3.8, 4) is 6.07 Å². The summed E-state index contributed by atoms with van der Waals surface area (Å²) < 4.78 is 6.83. The van der Waals surface area contributed by atoms with Crippen LogP contribution in [0.5, 0.6) is 0 Å². The van der Waals surface area contributed by atoms with Crippen LogP contribution in [0.25, 0.3) is 0 Å². The molecule has 2 aliphatic heterocycles. The van der Waals surface area contributed by atoms with E-state index in [2.05, 4.69) is 44.8 Å². The van der Waals surface area contributed by atoms with Crippen LogP contribution in [0.4, 0.5) is 4.79 Å². The normalized spacial score (nSPS) is 22.9. The van der Waals surface area contributed by atoms with Gasteiger partial charge in [0.15, 0.2) is 8.32 Å². The first-order chi connectivity index (χ1) is 15.0. The van der Waals surface area contributed by atoms with Crippen LogP contribution in [0.1, 0.15) is 57.3 Å². The minimum atomic E-state index is -1.94. The number of fused-ring (bicyclic) bond motifs is 2. The molecule has 6 nitrogen and oxygen atoms in total. The summed E-state index contributed by atoms with van der Waals surface area (Å²) in [6.07, 6.45) is 2.41. The van der Waals surface area contributed by atoms with Crippen LogP contribution in [0.15, 0.2) is 24.3 Å². The highest BCUT2D eigenvalue weighted by Crippen LogP contribution is 2.41. The van der Waals surface area contributed by atoms with Crippen molar-refractivity contribution < 1.29 is 14.3 Å². The Labute approximate surface area is 194 Å². The van der Waals surface area contributed by atoms with E-state index >= 15 is 0 Å². The Morgan fingerprint density at radius 1 is 1.19 bits per heavy atom. The monoisotopic (exact) mass is 457 g/mol. The average Bonchev–Trinajstić information content (AvgIpc) is 2.71. The second-order valence-corrected chi connectivity index (χ2v) is 15.9. The summed E-state index contributed by atoms with van der Waals surface area (Å²) in [4.78, 5) is 15.5. The molecule has 2 heterocycles. The fourth-order valence-electron chi connectivity index (χ4n) is 4.83. The van der Waals surface area contributed by atoms with Crippen molar-refractivity contribution in [2.75, 3.05) is 32.7 Å². The first-order valence-corrected chi connectivity index (χ1v) is 14.8. The molecule has 2 fully saturated rings. The number of benzene rings is 1. The van der Waals surface area contributed by atoms with Crippen LogP contribution in [0.2, 0.25) is 18.1 Å². The molecular formula is C25H39N3O3Si. The Morgan fingerprint density at radius 2 is 1.78 bits per heavy atom. The highest BCUT2D eigenvalue weighted by molar-refractivity contribution is 6.74. The largest absolute Gasteiger partial charge is 0.465 e. The third kappa shape index (κ3) is 6.12. The van der Waals surface area contributed by atoms with Crippen molar-refractivity contribution in [1.29, 1.82) is 5.26 Å². The summed E-state index contributed by atoms with van der Waals surface area (Å²) in [5.41, 5.74) is 1.83. The van der Waals surface area contributed by atoms with Crippen LogP contribution < -0.4 is 0 Å². The van der Waals surface area contributed by atoms with Gasteiger partial charge in [0.25, 0.3) is 0 Å². The molecule has 176 valence electrons. The Balaban J connectivity index is 1.61. The molecule has 2 saturated heterocycles. The number of rotatable bonds is 7. The van der Waals surface area contributed by atoms with Crippen molar-refractivity contribution in [3.63, 3.8) is 0 Å². The molecule has 0 aromatic heterocycles. The number of amides is 1. The lowest BCUT2D eigenvalue weighted by molar-refractivity contribution is 0.0315. The third-order valence-corrected chi connectivity index (χ3v) is 12.0. The van der Waals surface area contributed by atoms with Gasteiger partial charge in [0.05, 0.1) is 17.7 Å². The molecule has 2 aliphatic rings. The highest BCUT2D eigenvalue weighted by Gasteiger charge is 2.40. The van der Waals surface area contributed by atoms with Gasteiger partial charge >= 0.3 is 6.09 Å². The van der Waals surface area contributed by atoms with Crippen molar-refractivity contribution in [2.24, 2.45) is 11.8 Å². The Morgan fingerprint density at radius 3 is 2.28 bits per heavy atom. The van der Waals surface area contributed by atoms with Crippen LogP contribution in [0.3, 0.4) is 0 Å². The van der Waals surface area contributed by atoms with E-state index in [1.807, 2.05) is 24.3 Å². The molecule has 0 radical (unpaired) electrons. The average molecular weight is 458 g/mol. The summed E-state index contributed by atoms with van der Waals surface area (Å²) in [6, 6.07) is 10.1. The zero-order chi connectivity index (χ0) is 23.5. The number of hydrogen-bond acceptors (Lipinski definition) is 4. The van der Waals surface area contributed by atoms with Crippen LogP contribution in [-0.4, -0.2) is 62.0 Å². The van der Waals surface area contributed by atoms with E-state index in [4.69, 9.17) is 9.69 Å². The van der Waals surface area contributed by atoms with Gasteiger partial charge in [0.2, 0.25) is 0 Å². The molecule has 0 saturated carbocycles. The maximum atomic E-state index is 11.4. The van der Waals surface area contributed by atoms with Crippen LogP contribution in [-0.2, 0) is 4.43 Å². The molecule has 1 aromatic rings. The number of nitriles is 1. The Bertz CT molecular complexity index is 814. The molecule has 0 aliphatic carbocycles. The molecule has 0 spiro atoms. The van der Waals surface area contributed by atoms with Gasteiger partial charge in [-0.2, -0.15) is 5.26 Å². The number of carbonyl (C=O) groups is 1. The predicted octanol–water partition coefficient (Wildman–Crippen LogP) is 5.33. The quantitative estimate of drug-likeness (QED) is 0.560. The van der Waals surface area contributed by atoms with Gasteiger partial charge in [0.1, 0.15) is 0 Å². The van der Waals surface area contributed by atoms with Crippen molar-refractivity contribution in [2.45, 2.75) is 64.3 Å². The van der Waals surface area contributed by atoms with Gasteiger partial charge in [0, 0.05) is 26.2 Å². The van der Waals surface area contributed by atoms with Gasteiger partial charge in [-0.3, -0.25) is 0 Å². The maximum absolute atomic E-state index is 11.4. The smallest absolute Gasteiger partial charge is 0.407 e. The lowest BCUT2D eigenvalue weighted by Gasteiger charge is -2.45. The number of likely N-dealkylation sites (tertiary alicyclic amines) is 2. The fourth-order valence-corrected chi connectivity index (χ4v) is 6.14. The molecule has 32 heavy (non-hydrogen) atoms. The summed E-state index contributed by atoms with van der Waals surface area (Å²) in [6.45, 7) is 15.7. The lowest BCUT2D eigenvalue weighted by atomic mass is 9.84. The van der Waals surface area contributed by atoms with Gasteiger partial charge in [-0.25, -0.2) is 4.79 Å². The molecule has 2 bridgehead atoms. The summed E-state index contributed by atoms with van der Waals surface area (Å²) in [7, 11) is -1.94. The second kappa shape index (κ2) is 9.94. The van der Waals surface area contributed by atoms with Crippen LogP contribution >= 0.6 is 0 Å². The minimum absolute atomic E-state index is 0.0374.